The average Bonchev–Trinajstić information content (AvgIpc) is 2.69. The van der Waals surface area contributed by atoms with E-state index in [-0.39, 0.29) is 30.3 Å². The van der Waals surface area contributed by atoms with E-state index in [1.54, 1.807) is 0 Å². The summed E-state index contributed by atoms with van der Waals surface area (Å²) in [4.78, 5) is 29.5. The van der Waals surface area contributed by atoms with E-state index in [9.17, 15) is 9.59 Å². The predicted octanol–water partition coefficient (Wildman–Crippen LogP) is 2.01. The largest absolute Gasteiger partial charge is 0.371 e. The van der Waals surface area contributed by atoms with Crippen LogP contribution in [-0.2, 0) is 9.59 Å². The van der Waals surface area contributed by atoms with E-state index in [0.717, 1.165) is 45.4 Å². The maximum Gasteiger partial charge on any atom is 0.237 e. The Morgan fingerprint density at radius 3 is 2.57 bits per heavy atom. The van der Waals surface area contributed by atoms with E-state index in [2.05, 4.69) is 58.5 Å². The van der Waals surface area contributed by atoms with Gasteiger partial charge in [0.2, 0.25) is 11.8 Å². The molecule has 2 saturated heterocycles. The molecule has 3 rings (SSSR count). The highest BCUT2D eigenvalue weighted by molar-refractivity contribution is 5.88. The fraction of sp³-hybridized carbons (Fsp3) is 0.636. The second kappa shape index (κ2) is 9.92. The first-order chi connectivity index (χ1) is 13.5. The van der Waals surface area contributed by atoms with E-state index >= 15 is 0 Å². The molecule has 0 radical (unpaired) electrons. The Bertz CT molecular complexity index is 641. The number of amides is 2. The van der Waals surface area contributed by atoms with E-state index in [1.807, 2.05) is 6.07 Å². The van der Waals surface area contributed by atoms with Crippen molar-refractivity contribution in [2.75, 3.05) is 37.6 Å². The molecule has 2 heterocycles. The summed E-state index contributed by atoms with van der Waals surface area (Å²) in [5.74, 6) is 0.577. The summed E-state index contributed by atoms with van der Waals surface area (Å²) in [5.41, 5.74) is 1.24. The molecule has 28 heavy (non-hydrogen) atoms. The molecule has 154 valence electrons. The monoisotopic (exact) mass is 386 g/mol. The zero-order valence-corrected chi connectivity index (χ0v) is 17.2. The molecule has 0 spiro atoms. The predicted molar refractivity (Wildman–Crippen MR) is 112 cm³/mol. The smallest absolute Gasteiger partial charge is 0.237 e. The third kappa shape index (κ3) is 5.71. The summed E-state index contributed by atoms with van der Waals surface area (Å²) in [5, 5.41) is 6.09. The van der Waals surface area contributed by atoms with Gasteiger partial charge in [0, 0.05) is 37.9 Å². The van der Waals surface area contributed by atoms with Gasteiger partial charge in [-0.05, 0) is 43.9 Å². The number of nitrogens with one attached hydrogen (secondary N) is 2. The molecule has 2 aliphatic rings. The van der Waals surface area contributed by atoms with Crippen LogP contribution in [0.4, 0.5) is 5.69 Å². The van der Waals surface area contributed by atoms with Crippen LogP contribution in [-0.4, -0.2) is 61.5 Å². The standard InChI is InChI=1S/C22H34N4O2/c1-17(2)8-12-26-15-11-23-22(28)20(26)16-21(27)24-18-9-13-25(14-10-18)19-6-4-3-5-7-19/h3-7,17-18,20H,8-16H2,1-2H3,(H,23,28)(H,24,27). The molecule has 2 fully saturated rings. The number of piperidine rings is 1. The minimum absolute atomic E-state index is 0.00485. The number of anilines is 1. The molecule has 1 atom stereocenters. The van der Waals surface area contributed by atoms with Crippen LogP contribution in [0.25, 0.3) is 0 Å². The lowest BCUT2D eigenvalue weighted by Gasteiger charge is -2.36. The first kappa shape index (κ1) is 20.6. The Morgan fingerprint density at radius 2 is 1.89 bits per heavy atom. The topological polar surface area (TPSA) is 64.7 Å². The van der Waals surface area contributed by atoms with Gasteiger partial charge in [-0.25, -0.2) is 0 Å². The normalized spacial score (nSPS) is 21.6. The first-order valence-corrected chi connectivity index (χ1v) is 10.6. The summed E-state index contributed by atoms with van der Waals surface area (Å²) in [6, 6.07) is 10.3. The number of carbonyl (C=O) groups is 2. The van der Waals surface area contributed by atoms with Crippen molar-refractivity contribution in [2.45, 2.75) is 51.6 Å². The molecule has 1 aromatic carbocycles. The highest BCUT2D eigenvalue weighted by atomic mass is 16.2. The van der Waals surface area contributed by atoms with Gasteiger partial charge in [0.05, 0.1) is 12.5 Å². The number of carbonyl (C=O) groups excluding carboxylic acids is 2. The molecule has 0 bridgehead atoms. The Balaban J connectivity index is 1.47. The lowest BCUT2D eigenvalue weighted by Crippen LogP contribution is -2.57. The minimum Gasteiger partial charge on any atom is -0.371 e. The Labute approximate surface area is 168 Å². The molecule has 0 aromatic heterocycles. The van der Waals surface area contributed by atoms with Gasteiger partial charge in [0.1, 0.15) is 0 Å². The van der Waals surface area contributed by atoms with E-state index in [1.165, 1.54) is 5.69 Å². The Hall–Kier alpha value is -2.08. The van der Waals surface area contributed by atoms with E-state index in [0.29, 0.717) is 12.5 Å². The van der Waals surface area contributed by atoms with E-state index in [4.69, 9.17) is 0 Å². The summed E-state index contributed by atoms with van der Waals surface area (Å²) in [7, 11) is 0. The third-order valence-electron chi connectivity index (χ3n) is 5.80. The molecule has 0 saturated carbocycles. The highest BCUT2D eigenvalue weighted by Gasteiger charge is 2.32. The van der Waals surface area contributed by atoms with Crippen LogP contribution >= 0.6 is 0 Å². The van der Waals surface area contributed by atoms with Crippen molar-refractivity contribution in [3.63, 3.8) is 0 Å². The van der Waals surface area contributed by atoms with E-state index < -0.39 is 0 Å². The van der Waals surface area contributed by atoms with Gasteiger partial charge >= 0.3 is 0 Å². The van der Waals surface area contributed by atoms with Crippen LogP contribution in [0.3, 0.4) is 0 Å². The molecular weight excluding hydrogens is 352 g/mol. The van der Waals surface area contributed by atoms with Crippen LogP contribution in [0.2, 0.25) is 0 Å². The number of nitrogens with zero attached hydrogens (tertiary/aromatic N) is 2. The fourth-order valence-corrected chi connectivity index (χ4v) is 4.06. The van der Waals surface area contributed by atoms with Crippen LogP contribution in [0.5, 0.6) is 0 Å². The lowest BCUT2D eigenvalue weighted by atomic mass is 10.0. The molecular formula is C22H34N4O2. The van der Waals surface area contributed by atoms with Crippen molar-refractivity contribution in [3.8, 4) is 0 Å². The molecule has 1 aromatic rings. The summed E-state index contributed by atoms with van der Waals surface area (Å²) < 4.78 is 0. The number of piperazine rings is 1. The van der Waals surface area contributed by atoms with Crippen molar-refractivity contribution >= 4 is 17.5 Å². The molecule has 6 nitrogen and oxygen atoms in total. The molecule has 1 unspecified atom stereocenters. The van der Waals surface area contributed by atoms with Gasteiger partial charge in [-0.15, -0.1) is 0 Å². The van der Waals surface area contributed by atoms with Crippen molar-refractivity contribution in [2.24, 2.45) is 5.92 Å². The van der Waals surface area contributed by atoms with Gasteiger partial charge in [0.15, 0.2) is 0 Å². The number of benzene rings is 1. The zero-order chi connectivity index (χ0) is 19.9. The lowest BCUT2D eigenvalue weighted by molar-refractivity contribution is -0.134. The summed E-state index contributed by atoms with van der Waals surface area (Å²) in [6.07, 6.45) is 3.18. The molecule has 0 aliphatic carbocycles. The average molecular weight is 387 g/mol. The SMILES string of the molecule is CC(C)CCN1CCNC(=O)C1CC(=O)NC1CCN(c2ccccc2)CC1. The molecule has 2 amide bonds. The minimum atomic E-state index is -0.336. The summed E-state index contributed by atoms with van der Waals surface area (Å²) >= 11 is 0. The van der Waals surface area contributed by atoms with Crippen molar-refractivity contribution in [3.05, 3.63) is 30.3 Å². The second-order valence-electron chi connectivity index (χ2n) is 8.39. The third-order valence-corrected chi connectivity index (χ3v) is 5.80. The van der Waals surface area contributed by atoms with Gasteiger partial charge < -0.3 is 15.5 Å². The number of hydrogen-bond acceptors (Lipinski definition) is 4. The van der Waals surface area contributed by atoms with Crippen molar-refractivity contribution < 1.29 is 9.59 Å². The number of rotatable bonds is 7. The maximum absolute atomic E-state index is 12.6. The molecule has 2 N–H and O–H groups in total. The van der Waals surface area contributed by atoms with Gasteiger partial charge in [-0.2, -0.15) is 0 Å². The van der Waals surface area contributed by atoms with Gasteiger partial charge in [0.25, 0.3) is 0 Å². The fourth-order valence-electron chi connectivity index (χ4n) is 4.06. The van der Waals surface area contributed by atoms with Crippen LogP contribution in [0, 0.1) is 5.92 Å². The molecule has 6 heteroatoms. The van der Waals surface area contributed by atoms with Crippen molar-refractivity contribution in [1.29, 1.82) is 0 Å². The summed E-state index contributed by atoms with van der Waals surface area (Å²) in [6.45, 7) is 8.64. The van der Waals surface area contributed by atoms with Gasteiger partial charge in [-0.1, -0.05) is 32.0 Å². The van der Waals surface area contributed by atoms with Crippen LogP contribution < -0.4 is 15.5 Å². The molecule has 2 aliphatic heterocycles. The number of hydrogen-bond donors (Lipinski definition) is 2. The maximum atomic E-state index is 12.6. The number of para-hydroxylation sites is 1. The van der Waals surface area contributed by atoms with Crippen molar-refractivity contribution in [1.82, 2.24) is 15.5 Å². The quantitative estimate of drug-likeness (QED) is 0.752. The first-order valence-electron chi connectivity index (χ1n) is 10.6. The highest BCUT2D eigenvalue weighted by Crippen LogP contribution is 2.20. The Morgan fingerprint density at radius 1 is 1.18 bits per heavy atom. The van der Waals surface area contributed by atoms with Crippen LogP contribution in [0.15, 0.2) is 30.3 Å². The second-order valence-corrected chi connectivity index (χ2v) is 8.39. The zero-order valence-electron chi connectivity index (χ0n) is 17.2. The van der Waals surface area contributed by atoms with Crippen LogP contribution in [0.1, 0.15) is 39.5 Å². The van der Waals surface area contributed by atoms with Gasteiger partial charge in [-0.3, -0.25) is 14.5 Å². The Kier molecular flexibility index (Phi) is 7.31.